The van der Waals surface area contributed by atoms with Crippen molar-refractivity contribution in [2.75, 3.05) is 14.2 Å². The van der Waals surface area contributed by atoms with E-state index in [-0.39, 0.29) is 27.8 Å². The zero-order chi connectivity index (χ0) is 30.6. The summed E-state index contributed by atoms with van der Waals surface area (Å²) in [5.41, 5.74) is 0.624. The molecule has 2 heterocycles. The molecule has 5 N–H and O–H groups in total. The Balaban J connectivity index is 1.89. The Morgan fingerprint density at radius 1 is 1.07 bits per heavy atom. The first-order valence-corrected chi connectivity index (χ1v) is 14.5. The molecule has 42 heavy (non-hydrogen) atoms. The predicted octanol–water partition coefficient (Wildman–Crippen LogP) is 3.03. The number of hydrogen-bond acceptors (Lipinski definition) is 10. The molecule has 0 fully saturated rings. The van der Waals surface area contributed by atoms with Crippen LogP contribution in [0.3, 0.4) is 0 Å². The number of methoxy groups -OCH3 is 2. The molecule has 0 aliphatic carbocycles. The maximum atomic E-state index is 13.3. The van der Waals surface area contributed by atoms with E-state index in [1.807, 2.05) is 6.92 Å². The summed E-state index contributed by atoms with van der Waals surface area (Å²) in [7, 11) is -0.980. The van der Waals surface area contributed by atoms with E-state index >= 15 is 0 Å². The average molecular weight is 598 g/mol. The number of pyridine rings is 1. The molecule has 2 aromatic carbocycles. The molecule has 1 unspecified atom stereocenters. The van der Waals surface area contributed by atoms with Gasteiger partial charge < -0.3 is 29.3 Å². The highest BCUT2D eigenvalue weighted by molar-refractivity contribution is 7.89. The Hall–Kier alpha value is -4.69. The first-order chi connectivity index (χ1) is 20.0. The van der Waals surface area contributed by atoms with Crippen LogP contribution >= 0.6 is 0 Å². The molecule has 0 aliphatic rings. The number of aryl methyl sites for hydroxylation is 1. The van der Waals surface area contributed by atoms with E-state index < -0.39 is 33.3 Å². The van der Waals surface area contributed by atoms with Crippen LogP contribution < -0.4 is 25.5 Å². The van der Waals surface area contributed by atoms with Crippen molar-refractivity contribution in [1.29, 1.82) is 0 Å². The largest absolute Gasteiger partial charge is 0.506 e. The zero-order valence-electron chi connectivity index (χ0n) is 23.4. The summed E-state index contributed by atoms with van der Waals surface area (Å²) < 4.78 is 40.3. The lowest BCUT2D eigenvalue weighted by Crippen LogP contribution is -2.27. The van der Waals surface area contributed by atoms with Crippen LogP contribution in [0.1, 0.15) is 49.9 Å². The molecule has 1 atom stereocenters. The lowest BCUT2D eigenvalue weighted by molar-refractivity contribution is -0.119. The second-order valence-corrected chi connectivity index (χ2v) is 10.9. The number of hydrogen-bond donors (Lipinski definition) is 4. The van der Waals surface area contributed by atoms with Gasteiger partial charge in [0.2, 0.25) is 21.8 Å². The fraction of sp³-hybridized carbons (Fsp3) is 0.286. The molecule has 14 heteroatoms. The van der Waals surface area contributed by atoms with Gasteiger partial charge in [-0.15, -0.1) is 10.2 Å². The molecule has 0 spiro atoms. The van der Waals surface area contributed by atoms with Gasteiger partial charge >= 0.3 is 0 Å². The number of H-pyrrole nitrogens is 1. The third-order valence-corrected chi connectivity index (χ3v) is 7.45. The van der Waals surface area contributed by atoms with Crippen molar-refractivity contribution < 1.29 is 32.2 Å². The standard InChI is InChI=1S/C28H31N5O8S/c1-5-6-8-18-21(22-19(39-3)9-7-10-20(22)40-4)25(35)23(26(36)31-18)27-32-33-28(41-27)24(30-15(2)34)16-11-13-17(14-12-16)42(29,37)38/h7,9-14,24H,5-6,8H2,1-4H3,(H,30,34)(H2,29,37,38)(H2,31,35,36). The molecule has 0 aliphatic heterocycles. The summed E-state index contributed by atoms with van der Waals surface area (Å²) in [5, 5.41) is 27.5. The summed E-state index contributed by atoms with van der Waals surface area (Å²) >= 11 is 0. The van der Waals surface area contributed by atoms with Gasteiger partial charge in [0.15, 0.2) is 0 Å². The number of nitrogens with two attached hydrogens (primary N) is 1. The molecule has 4 rings (SSSR count). The van der Waals surface area contributed by atoms with Crippen LogP contribution in [-0.4, -0.2) is 48.8 Å². The third-order valence-electron chi connectivity index (χ3n) is 6.52. The van der Waals surface area contributed by atoms with Crippen LogP contribution in [0.4, 0.5) is 0 Å². The SMILES string of the molecule is CCCCc1[nH]c(=O)c(-c2nnc(C(NC(C)=O)c3ccc(S(N)(=O)=O)cc3)o2)c(O)c1-c1c(OC)cccc1OC. The van der Waals surface area contributed by atoms with Gasteiger partial charge in [-0.1, -0.05) is 31.5 Å². The highest BCUT2D eigenvalue weighted by Gasteiger charge is 2.29. The van der Waals surface area contributed by atoms with Gasteiger partial charge in [0.1, 0.15) is 28.9 Å². The second-order valence-electron chi connectivity index (χ2n) is 9.37. The van der Waals surface area contributed by atoms with E-state index in [0.717, 1.165) is 12.8 Å². The minimum atomic E-state index is -3.94. The van der Waals surface area contributed by atoms with E-state index in [2.05, 4.69) is 20.5 Å². The van der Waals surface area contributed by atoms with Gasteiger partial charge in [-0.25, -0.2) is 13.6 Å². The lowest BCUT2D eigenvalue weighted by Gasteiger charge is -2.18. The summed E-state index contributed by atoms with van der Waals surface area (Å²) in [6.45, 7) is 3.28. The first-order valence-electron chi connectivity index (χ1n) is 12.9. The number of ether oxygens (including phenoxy) is 2. The molecular formula is C28H31N5O8S. The van der Waals surface area contributed by atoms with Gasteiger partial charge in [-0.05, 0) is 42.7 Å². The Kier molecular flexibility index (Phi) is 8.97. The summed E-state index contributed by atoms with van der Waals surface area (Å²) in [6, 6.07) is 9.55. The molecule has 0 radical (unpaired) electrons. The molecule has 0 saturated heterocycles. The van der Waals surface area contributed by atoms with Crippen molar-refractivity contribution in [1.82, 2.24) is 20.5 Å². The molecule has 0 saturated carbocycles. The van der Waals surface area contributed by atoms with Crippen LogP contribution in [0.15, 0.2) is 56.6 Å². The summed E-state index contributed by atoms with van der Waals surface area (Å²) in [5.74, 6) is -0.481. The highest BCUT2D eigenvalue weighted by Crippen LogP contribution is 2.46. The molecule has 222 valence electrons. The fourth-order valence-corrected chi connectivity index (χ4v) is 5.05. The Morgan fingerprint density at radius 2 is 1.71 bits per heavy atom. The normalized spacial score (nSPS) is 12.1. The molecular weight excluding hydrogens is 566 g/mol. The van der Waals surface area contributed by atoms with Gasteiger partial charge in [-0.2, -0.15) is 0 Å². The third kappa shape index (κ3) is 6.14. The zero-order valence-corrected chi connectivity index (χ0v) is 24.2. The minimum Gasteiger partial charge on any atom is -0.506 e. The van der Waals surface area contributed by atoms with Gasteiger partial charge in [0, 0.05) is 12.6 Å². The van der Waals surface area contributed by atoms with Gasteiger partial charge in [0.05, 0.1) is 30.2 Å². The van der Waals surface area contributed by atoms with Crippen LogP contribution in [0, 0.1) is 0 Å². The summed E-state index contributed by atoms with van der Waals surface area (Å²) in [6.07, 6.45) is 2.01. The molecule has 13 nitrogen and oxygen atoms in total. The first kappa shape index (κ1) is 30.3. The summed E-state index contributed by atoms with van der Waals surface area (Å²) in [4.78, 5) is 28.1. The number of amides is 1. The predicted molar refractivity (Wildman–Crippen MR) is 153 cm³/mol. The Bertz CT molecular complexity index is 1740. The number of nitrogens with one attached hydrogen (secondary N) is 2. The number of aromatic amines is 1. The number of benzene rings is 2. The number of aromatic hydroxyl groups is 1. The van der Waals surface area contributed by atoms with Crippen molar-refractivity contribution in [3.05, 3.63) is 70.0 Å². The van der Waals surface area contributed by atoms with Crippen molar-refractivity contribution in [2.24, 2.45) is 5.14 Å². The van der Waals surface area contributed by atoms with Crippen LogP contribution in [0.5, 0.6) is 17.2 Å². The van der Waals surface area contributed by atoms with E-state index in [0.29, 0.717) is 34.7 Å². The van der Waals surface area contributed by atoms with Gasteiger partial charge in [0.25, 0.3) is 11.4 Å². The fourth-order valence-electron chi connectivity index (χ4n) is 4.54. The molecule has 0 bridgehead atoms. The van der Waals surface area contributed by atoms with Crippen LogP contribution in [0.2, 0.25) is 0 Å². The van der Waals surface area contributed by atoms with Crippen LogP contribution in [-0.2, 0) is 21.2 Å². The Morgan fingerprint density at radius 3 is 2.26 bits per heavy atom. The van der Waals surface area contributed by atoms with Crippen molar-refractivity contribution in [2.45, 2.75) is 44.0 Å². The van der Waals surface area contributed by atoms with Crippen molar-refractivity contribution in [3.8, 4) is 39.8 Å². The Labute approximate surface area is 241 Å². The smallest absolute Gasteiger partial charge is 0.264 e. The second kappa shape index (κ2) is 12.4. The van der Waals surface area contributed by atoms with Crippen LogP contribution in [0.25, 0.3) is 22.6 Å². The van der Waals surface area contributed by atoms with E-state index in [9.17, 15) is 23.1 Å². The number of carbonyl (C=O) groups is 1. The molecule has 4 aromatic rings. The van der Waals surface area contributed by atoms with E-state index in [1.54, 1.807) is 18.2 Å². The van der Waals surface area contributed by atoms with Crippen molar-refractivity contribution in [3.63, 3.8) is 0 Å². The number of sulfonamides is 1. The van der Waals surface area contributed by atoms with E-state index in [4.69, 9.17) is 19.0 Å². The number of primary sulfonamides is 1. The van der Waals surface area contributed by atoms with E-state index in [1.165, 1.54) is 45.4 Å². The topological polar surface area (TPSA) is 200 Å². The van der Waals surface area contributed by atoms with Crippen molar-refractivity contribution >= 4 is 15.9 Å². The number of rotatable bonds is 11. The number of carbonyl (C=O) groups excluding carboxylic acids is 1. The number of unbranched alkanes of at least 4 members (excludes halogenated alkanes) is 1. The quantitative estimate of drug-likeness (QED) is 0.199. The highest BCUT2D eigenvalue weighted by atomic mass is 32.2. The van der Waals surface area contributed by atoms with Gasteiger partial charge in [-0.3, -0.25) is 9.59 Å². The maximum Gasteiger partial charge on any atom is 0.264 e. The lowest BCUT2D eigenvalue weighted by atomic mass is 9.96. The molecule has 1 amide bonds. The monoisotopic (exact) mass is 597 g/mol. The number of aromatic nitrogens is 3. The maximum absolute atomic E-state index is 13.3. The number of nitrogens with zero attached hydrogens (tertiary/aromatic N) is 2. The molecule has 2 aromatic heterocycles. The minimum absolute atomic E-state index is 0.117. The average Bonchev–Trinajstić information content (AvgIpc) is 3.43.